The normalized spacial score (nSPS) is 24.4. The third-order valence-electron chi connectivity index (χ3n) is 3.28. The number of aliphatic hydroxyl groups excluding tert-OH is 2. The van der Waals surface area contributed by atoms with E-state index in [-0.39, 0.29) is 31.3 Å². The Morgan fingerprint density at radius 1 is 1.06 bits per heavy atom. The maximum atomic E-state index is 9.02. The molecule has 0 aromatic heterocycles. The van der Waals surface area contributed by atoms with Gasteiger partial charge in [0.25, 0.3) is 0 Å². The summed E-state index contributed by atoms with van der Waals surface area (Å²) in [6.45, 7) is 1.17. The van der Waals surface area contributed by atoms with Gasteiger partial charge < -0.3 is 19.7 Å². The van der Waals surface area contributed by atoms with E-state index in [1.165, 1.54) is 5.56 Å². The van der Waals surface area contributed by atoms with Crippen LogP contribution in [0.15, 0.2) is 30.3 Å². The summed E-state index contributed by atoms with van der Waals surface area (Å²) in [5, 5.41) is 18.0. The van der Waals surface area contributed by atoms with Crippen molar-refractivity contribution in [1.29, 1.82) is 0 Å². The highest BCUT2D eigenvalue weighted by molar-refractivity contribution is 5.19. The Kier molecular flexibility index (Phi) is 5.13. The summed E-state index contributed by atoms with van der Waals surface area (Å²) < 4.78 is 11.3. The van der Waals surface area contributed by atoms with E-state index in [9.17, 15) is 0 Å². The fraction of sp³-hybridized carbons (Fsp3) is 0.571. The molecule has 4 heteroatoms. The number of ether oxygens (including phenoxy) is 2. The maximum absolute atomic E-state index is 9.02. The molecular weight excluding hydrogens is 232 g/mol. The van der Waals surface area contributed by atoms with Crippen LogP contribution in [0.25, 0.3) is 0 Å². The Labute approximate surface area is 107 Å². The smallest absolute Gasteiger partial charge is 0.158 e. The predicted molar refractivity (Wildman–Crippen MR) is 67.2 cm³/mol. The van der Waals surface area contributed by atoms with E-state index in [0.717, 1.165) is 0 Å². The lowest BCUT2D eigenvalue weighted by Crippen LogP contribution is -2.33. The number of hydrogen-bond donors (Lipinski definition) is 2. The first kappa shape index (κ1) is 13.5. The van der Waals surface area contributed by atoms with E-state index in [4.69, 9.17) is 19.7 Å². The zero-order valence-electron chi connectivity index (χ0n) is 10.4. The minimum absolute atomic E-state index is 0.0398. The first-order valence-electron chi connectivity index (χ1n) is 6.33. The van der Waals surface area contributed by atoms with Gasteiger partial charge in [-0.25, -0.2) is 0 Å². The molecule has 0 spiro atoms. The Morgan fingerprint density at radius 3 is 2.22 bits per heavy atom. The second kappa shape index (κ2) is 6.85. The summed E-state index contributed by atoms with van der Waals surface area (Å²) in [5.41, 5.74) is 1.22. The van der Waals surface area contributed by atoms with Crippen LogP contribution in [0.1, 0.15) is 17.9 Å². The number of benzene rings is 1. The average molecular weight is 252 g/mol. The molecule has 0 bridgehead atoms. The van der Waals surface area contributed by atoms with Crippen molar-refractivity contribution in [3.8, 4) is 0 Å². The third-order valence-corrected chi connectivity index (χ3v) is 3.28. The highest BCUT2D eigenvalue weighted by Gasteiger charge is 2.25. The van der Waals surface area contributed by atoms with Crippen molar-refractivity contribution in [3.63, 3.8) is 0 Å². The molecule has 1 heterocycles. The summed E-state index contributed by atoms with van der Waals surface area (Å²) in [7, 11) is 0. The Morgan fingerprint density at radius 2 is 1.67 bits per heavy atom. The van der Waals surface area contributed by atoms with Gasteiger partial charge in [0.15, 0.2) is 6.29 Å². The number of rotatable bonds is 5. The number of aliphatic hydroxyl groups is 2. The van der Waals surface area contributed by atoms with Crippen LogP contribution in [0.4, 0.5) is 0 Å². The molecule has 2 rings (SSSR count). The first-order valence-corrected chi connectivity index (χ1v) is 6.33. The molecule has 0 radical (unpaired) electrons. The van der Waals surface area contributed by atoms with E-state index in [1.54, 1.807) is 0 Å². The zero-order valence-corrected chi connectivity index (χ0v) is 10.4. The van der Waals surface area contributed by atoms with Gasteiger partial charge in [-0.2, -0.15) is 0 Å². The summed E-state index contributed by atoms with van der Waals surface area (Å²) in [5.74, 6) is 0.104. The average Bonchev–Trinajstić information content (AvgIpc) is 2.46. The quantitative estimate of drug-likeness (QED) is 0.825. The lowest BCUT2D eigenvalue weighted by atomic mass is 10.00. The van der Waals surface area contributed by atoms with Gasteiger partial charge >= 0.3 is 0 Å². The van der Waals surface area contributed by atoms with Gasteiger partial charge in [-0.05, 0) is 5.56 Å². The summed E-state index contributed by atoms with van der Waals surface area (Å²) in [6.07, 6.45) is 0.225. The SMILES string of the molecule is OCC(CO)CC1OCC(c2ccccc2)CO1. The lowest BCUT2D eigenvalue weighted by molar-refractivity contribution is -0.197. The molecule has 0 atom stereocenters. The third kappa shape index (κ3) is 3.53. The molecule has 1 saturated heterocycles. The van der Waals surface area contributed by atoms with Crippen molar-refractivity contribution in [3.05, 3.63) is 35.9 Å². The monoisotopic (exact) mass is 252 g/mol. The second-order valence-electron chi connectivity index (χ2n) is 4.67. The lowest BCUT2D eigenvalue weighted by Gasteiger charge is -2.31. The summed E-state index contributed by atoms with van der Waals surface area (Å²) in [6, 6.07) is 10.2. The van der Waals surface area contributed by atoms with Crippen LogP contribution in [0.3, 0.4) is 0 Å². The standard InChI is InChI=1S/C14H20O4/c15-7-11(8-16)6-14-17-9-13(10-18-14)12-4-2-1-3-5-12/h1-5,11,13-16H,6-10H2. The molecule has 1 aliphatic heterocycles. The minimum atomic E-state index is -0.311. The number of hydrogen-bond acceptors (Lipinski definition) is 4. The van der Waals surface area contributed by atoms with Crippen molar-refractivity contribution in [2.75, 3.05) is 26.4 Å². The van der Waals surface area contributed by atoms with Crippen LogP contribution >= 0.6 is 0 Å². The zero-order chi connectivity index (χ0) is 12.8. The highest BCUT2D eigenvalue weighted by Crippen LogP contribution is 2.24. The van der Waals surface area contributed by atoms with E-state index in [0.29, 0.717) is 19.6 Å². The molecule has 18 heavy (non-hydrogen) atoms. The highest BCUT2D eigenvalue weighted by atomic mass is 16.7. The topological polar surface area (TPSA) is 58.9 Å². The van der Waals surface area contributed by atoms with E-state index < -0.39 is 0 Å². The van der Waals surface area contributed by atoms with Crippen LogP contribution in [0, 0.1) is 5.92 Å². The fourth-order valence-corrected chi connectivity index (χ4v) is 2.08. The molecule has 100 valence electrons. The second-order valence-corrected chi connectivity index (χ2v) is 4.67. The molecule has 0 saturated carbocycles. The van der Waals surface area contributed by atoms with Gasteiger partial charge in [-0.1, -0.05) is 30.3 Å². The molecule has 1 aromatic rings. The van der Waals surface area contributed by atoms with Crippen LogP contribution in [0.5, 0.6) is 0 Å². The Bertz CT molecular complexity index is 329. The van der Waals surface area contributed by atoms with Crippen molar-refractivity contribution in [2.24, 2.45) is 5.92 Å². The van der Waals surface area contributed by atoms with Crippen LogP contribution in [-0.2, 0) is 9.47 Å². The Hall–Kier alpha value is -0.940. The fourth-order valence-electron chi connectivity index (χ4n) is 2.08. The minimum Gasteiger partial charge on any atom is -0.396 e. The molecule has 1 aliphatic rings. The molecule has 2 N–H and O–H groups in total. The van der Waals surface area contributed by atoms with Crippen molar-refractivity contribution in [2.45, 2.75) is 18.6 Å². The van der Waals surface area contributed by atoms with E-state index in [1.807, 2.05) is 18.2 Å². The van der Waals surface area contributed by atoms with Gasteiger partial charge in [0.2, 0.25) is 0 Å². The maximum Gasteiger partial charge on any atom is 0.158 e. The summed E-state index contributed by atoms with van der Waals surface area (Å²) in [4.78, 5) is 0. The van der Waals surface area contributed by atoms with Crippen LogP contribution < -0.4 is 0 Å². The van der Waals surface area contributed by atoms with Crippen molar-refractivity contribution >= 4 is 0 Å². The van der Waals surface area contributed by atoms with Crippen molar-refractivity contribution < 1.29 is 19.7 Å². The van der Waals surface area contributed by atoms with Gasteiger partial charge in [0.05, 0.1) is 13.2 Å². The predicted octanol–water partition coefficient (Wildman–Crippen LogP) is 1.13. The van der Waals surface area contributed by atoms with Gasteiger partial charge in [0, 0.05) is 31.5 Å². The van der Waals surface area contributed by atoms with E-state index >= 15 is 0 Å². The molecular formula is C14H20O4. The van der Waals surface area contributed by atoms with Gasteiger partial charge in [0.1, 0.15) is 0 Å². The molecule has 0 aliphatic carbocycles. The van der Waals surface area contributed by atoms with Crippen molar-refractivity contribution in [1.82, 2.24) is 0 Å². The molecule has 4 nitrogen and oxygen atoms in total. The van der Waals surface area contributed by atoms with Gasteiger partial charge in [-0.3, -0.25) is 0 Å². The molecule has 0 unspecified atom stereocenters. The largest absolute Gasteiger partial charge is 0.396 e. The first-order chi connectivity index (χ1) is 8.83. The molecule has 1 aromatic carbocycles. The Balaban J connectivity index is 1.81. The molecule has 1 fully saturated rings. The van der Waals surface area contributed by atoms with Crippen LogP contribution in [0.2, 0.25) is 0 Å². The van der Waals surface area contributed by atoms with Crippen LogP contribution in [-0.4, -0.2) is 42.9 Å². The van der Waals surface area contributed by atoms with Gasteiger partial charge in [-0.15, -0.1) is 0 Å². The molecule has 0 amide bonds. The summed E-state index contributed by atoms with van der Waals surface area (Å²) >= 11 is 0. The van der Waals surface area contributed by atoms with E-state index in [2.05, 4.69) is 12.1 Å².